The maximum Gasteiger partial charge on any atom is 0.278 e. The van der Waals surface area contributed by atoms with Crippen LogP contribution in [0.25, 0.3) is 22.4 Å². The van der Waals surface area contributed by atoms with Crippen LogP contribution < -0.4 is 15.6 Å². The van der Waals surface area contributed by atoms with Crippen LogP contribution in [0.15, 0.2) is 29.2 Å². The monoisotopic (exact) mass is 635 g/mol. The summed E-state index contributed by atoms with van der Waals surface area (Å²) in [5.74, 6) is -1.35. The minimum atomic E-state index is -4.27. The highest BCUT2D eigenvalue weighted by Gasteiger charge is 2.46. The third kappa shape index (κ3) is 6.70. The number of anilines is 2. The number of halogens is 3. The highest BCUT2D eigenvalue weighted by Crippen LogP contribution is 2.44. The van der Waals surface area contributed by atoms with E-state index in [1.54, 1.807) is 0 Å². The van der Waals surface area contributed by atoms with Gasteiger partial charge in [-0.2, -0.15) is 4.98 Å². The highest BCUT2D eigenvalue weighted by molar-refractivity contribution is 7.92. The largest absolute Gasteiger partial charge is 0.351 e. The highest BCUT2D eigenvalue weighted by atomic mass is 32.2. The Kier molecular flexibility index (Phi) is 9.22. The van der Waals surface area contributed by atoms with Crippen molar-refractivity contribution in [3.05, 3.63) is 40.6 Å². The maximum atomic E-state index is 15.2. The zero-order valence-electron chi connectivity index (χ0n) is 25.5. The molecular weight excluding hydrogens is 595 g/mol. The smallest absolute Gasteiger partial charge is 0.278 e. The van der Waals surface area contributed by atoms with Crippen LogP contribution in [0.2, 0.25) is 0 Å². The number of aromatic nitrogens is 4. The Hall–Kier alpha value is -3.26. The van der Waals surface area contributed by atoms with Crippen LogP contribution in [0, 0.1) is 11.2 Å². The topological polar surface area (TPSA) is 122 Å². The second kappa shape index (κ2) is 12.6. The van der Waals surface area contributed by atoms with Gasteiger partial charge >= 0.3 is 0 Å². The lowest BCUT2D eigenvalue weighted by atomic mass is 9.89. The first kappa shape index (κ1) is 32.1. The molecule has 0 bridgehead atoms. The van der Waals surface area contributed by atoms with Crippen molar-refractivity contribution < 1.29 is 21.6 Å². The standard InChI is InChI=1S/C30H40F3N7O3S/c1-18(2)40-26-24(16-34-29(37-26)35-20-8-10-21(11-9-20)39(3)4)36-25(27(40)41)19-7-12-23(22(31)15-19)38-44(42,43)17-30(28(32)33)13-5-6-14-30/h7,12,15-16,18,20-21,28,38H,5-6,8-11,13-14,17H2,1-4H3,(H,34,35,37)/t20-,21-. The van der Waals surface area contributed by atoms with E-state index in [9.17, 15) is 22.0 Å². The summed E-state index contributed by atoms with van der Waals surface area (Å²) in [5, 5.41) is 3.40. The molecule has 2 aliphatic rings. The van der Waals surface area contributed by atoms with Gasteiger partial charge < -0.3 is 10.2 Å². The summed E-state index contributed by atoms with van der Waals surface area (Å²) < 4.78 is 72.0. The Balaban J connectivity index is 1.40. The Morgan fingerprint density at radius 3 is 2.36 bits per heavy atom. The molecule has 2 fully saturated rings. The van der Waals surface area contributed by atoms with Gasteiger partial charge in [-0.3, -0.25) is 14.1 Å². The van der Waals surface area contributed by atoms with Crippen LogP contribution in [-0.4, -0.2) is 71.2 Å². The van der Waals surface area contributed by atoms with E-state index >= 15 is 4.39 Å². The lowest BCUT2D eigenvalue weighted by molar-refractivity contribution is 0.0142. The van der Waals surface area contributed by atoms with Gasteiger partial charge in [-0.1, -0.05) is 18.9 Å². The van der Waals surface area contributed by atoms with Crippen molar-refractivity contribution in [1.29, 1.82) is 0 Å². The van der Waals surface area contributed by atoms with Gasteiger partial charge in [0, 0.05) is 29.1 Å². The van der Waals surface area contributed by atoms with Crippen LogP contribution in [-0.2, 0) is 10.0 Å². The molecule has 0 saturated heterocycles. The molecule has 14 heteroatoms. The van der Waals surface area contributed by atoms with Gasteiger partial charge in [0.15, 0.2) is 5.65 Å². The van der Waals surface area contributed by atoms with Gasteiger partial charge in [0.2, 0.25) is 22.4 Å². The van der Waals surface area contributed by atoms with E-state index in [1.165, 1.54) is 22.9 Å². The molecule has 2 heterocycles. The average Bonchev–Trinajstić information content (AvgIpc) is 3.43. The molecule has 240 valence electrons. The number of alkyl halides is 2. The second-order valence-corrected chi connectivity index (χ2v) is 14.4. The molecule has 44 heavy (non-hydrogen) atoms. The van der Waals surface area contributed by atoms with Crippen molar-refractivity contribution in [2.24, 2.45) is 5.41 Å². The van der Waals surface area contributed by atoms with Gasteiger partial charge in [0.25, 0.3) is 5.56 Å². The zero-order chi connectivity index (χ0) is 31.8. The Bertz CT molecular complexity index is 1670. The fourth-order valence-corrected chi connectivity index (χ4v) is 8.23. The van der Waals surface area contributed by atoms with E-state index in [4.69, 9.17) is 0 Å². The number of nitrogens with zero attached hydrogens (tertiary/aromatic N) is 5. The molecule has 0 spiro atoms. The molecule has 0 radical (unpaired) electrons. The summed E-state index contributed by atoms with van der Waals surface area (Å²) in [6, 6.07) is 4.02. The van der Waals surface area contributed by atoms with E-state index in [0.29, 0.717) is 36.0 Å². The van der Waals surface area contributed by atoms with E-state index in [1.807, 2.05) is 13.8 Å². The Labute approximate surface area is 255 Å². The van der Waals surface area contributed by atoms with Gasteiger partial charge in [-0.05, 0) is 78.6 Å². The van der Waals surface area contributed by atoms with Crippen molar-refractivity contribution in [1.82, 2.24) is 24.4 Å². The Morgan fingerprint density at radius 2 is 1.77 bits per heavy atom. The number of rotatable bonds is 10. The molecule has 2 N–H and O–H groups in total. The molecule has 3 aromatic rings. The average molecular weight is 636 g/mol. The van der Waals surface area contributed by atoms with E-state index in [2.05, 4.69) is 44.0 Å². The summed E-state index contributed by atoms with van der Waals surface area (Å²) in [5.41, 5.74) is -1.74. The van der Waals surface area contributed by atoms with Crippen molar-refractivity contribution in [2.45, 2.75) is 89.8 Å². The second-order valence-electron chi connectivity index (χ2n) is 12.7. The number of sulfonamides is 1. The van der Waals surface area contributed by atoms with Gasteiger partial charge in [0.05, 0.1) is 17.6 Å². The summed E-state index contributed by atoms with van der Waals surface area (Å²) in [4.78, 5) is 29.4. The van der Waals surface area contributed by atoms with E-state index in [0.717, 1.165) is 31.7 Å². The molecular formula is C30H40F3N7O3S. The van der Waals surface area contributed by atoms with E-state index < -0.39 is 39.0 Å². The molecule has 0 aliphatic heterocycles. The molecule has 5 rings (SSSR count). The minimum absolute atomic E-state index is 0.0477. The fourth-order valence-electron chi connectivity index (χ4n) is 6.49. The number of benzene rings is 1. The summed E-state index contributed by atoms with van der Waals surface area (Å²) in [7, 11) is -0.0955. The van der Waals surface area contributed by atoms with Crippen molar-refractivity contribution in [2.75, 3.05) is 29.9 Å². The molecule has 10 nitrogen and oxygen atoms in total. The quantitative estimate of drug-likeness (QED) is 0.303. The van der Waals surface area contributed by atoms with Crippen LogP contribution in [0.3, 0.4) is 0 Å². The lowest BCUT2D eigenvalue weighted by Gasteiger charge is -2.32. The number of nitrogens with one attached hydrogen (secondary N) is 2. The zero-order valence-corrected chi connectivity index (χ0v) is 26.3. The first-order valence-electron chi connectivity index (χ1n) is 15.1. The van der Waals surface area contributed by atoms with Crippen LogP contribution in [0.5, 0.6) is 0 Å². The molecule has 2 aromatic heterocycles. The summed E-state index contributed by atoms with van der Waals surface area (Å²) in [6.45, 7) is 3.66. The first-order chi connectivity index (χ1) is 20.8. The molecule has 0 unspecified atom stereocenters. The first-order valence-corrected chi connectivity index (χ1v) is 16.7. The van der Waals surface area contributed by atoms with Crippen molar-refractivity contribution in [3.8, 4) is 11.3 Å². The molecule has 2 aliphatic carbocycles. The molecule has 0 atom stereocenters. The normalized spacial score (nSPS) is 20.6. The van der Waals surface area contributed by atoms with E-state index in [-0.39, 0.29) is 41.9 Å². The summed E-state index contributed by atoms with van der Waals surface area (Å²) >= 11 is 0. The predicted octanol–water partition coefficient (Wildman–Crippen LogP) is 5.43. The number of hydrogen-bond acceptors (Lipinski definition) is 8. The van der Waals surface area contributed by atoms with Crippen molar-refractivity contribution >= 4 is 32.8 Å². The third-order valence-electron chi connectivity index (χ3n) is 8.96. The minimum Gasteiger partial charge on any atom is -0.351 e. The van der Waals surface area contributed by atoms with Crippen LogP contribution in [0.1, 0.15) is 71.3 Å². The van der Waals surface area contributed by atoms with Gasteiger partial charge in [-0.15, -0.1) is 0 Å². The molecule has 0 amide bonds. The number of hydrogen-bond donors (Lipinski definition) is 2. The third-order valence-corrected chi connectivity index (χ3v) is 10.4. The number of fused-ring (bicyclic) bond motifs is 1. The predicted molar refractivity (Wildman–Crippen MR) is 165 cm³/mol. The van der Waals surface area contributed by atoms with Crippen LogP contribution in [0.4, 0.5) is 24.8 Å². The molecule has 2 saturated carbocycles. The van der Waals surface area contributed by atoms with Gasteiger partial charge in [0.1, 0.15) is 17.0 Å². The van der Waals surface area contributed by atoms with Gasteiger partial charge in [-0.25, -0.2) is 31.6 Å². The van der Waals surface area contributed by atoms with Crippen LogP contribution >= 0.6 is 0 Å². The lowest BCUT2D eigenvalue weighted by Crippen LogP contribution is -2.37. The SMILES string of the molecule is CC(C)n1c(=O)c(-c2ccc(NS(=O)(=O)CC3(C(F)F)CCCC3)c(F)c2)nc2cnc(N[C@H]3CC[C@H](N(C)C)CC3)nc21. The summed E-state index contributed by atoms with van der Waals surface area (Å²) in [6.07, 6.45) is 4.05. The fraction of sp³-hybridized carbons (Fsp3) is 0.600. The Morgan fingerprint density at radius 1 is 1.09 bits per heavy atom. The van der Waals surface area contributed by atoms with Crippen molar-refractivity contribution in [3.63, 3.8) is 0 Å². The molecule has 1 aromatic carbocycles. The maximum absolute atomic E-state index is 15.2.